The summed E-state index contributed by atoms with van der Waals surface area (Å²) in [5, 5.41) is 12.4. The van der Waals surface area contributed by atoms with Crippen LogP contribution in [0.2, 0.25) is 0 Å². The summed E-state index contributed by atoms with van der Waals surface area (Å²) < 4.78 is 6.28. The molecule has 0 radical (unpaired) electrons. The molecule has 0 aromatic heterocycles. The number of rotatable bonds is 3. The lowest BCUT2D eigenvalue weighted by Crippen LogP contribution is -2.17. The molecule has 0 bridgehead atoms. The van der Waals surface area contributed by atoms with Crippen LogP contribution >= 0.6 is 15.9 Å². The molecule has 0 aliphatic heterocycles. The molecular formula is C13H15BrN2O. The highest BCUT2D eigenvalue weighted by molar-refractivity contribution is 9.10. The van der Waals surface area contributed by atoms with E-state index < -0.39 is 0 Å². The predicted molar refractivity (Wildman–Crippen MR) is 70.9 cm³/mol. The normalized spacial score (nSPS) is 23.4. The number of nitriles is 1. The summed E-state index contributed by atoms with van der Waals surface area (Å²) in [7, 11) is 1.76. The third-order valence-electron chi connectivity index (χ3n) is 3.12. The van der Waals surface area contributed by atoms with Crippen molar-refractivity contribution in [2.75, 3.05) is 12.4 Å². The molecule has 1 aliphatic rings. The topological polar surface area (TPSA) is 45.0 Å². The molecule has 0 spiro atoms. The number of methoxy groups -OCH3 is 1. The van der Waals surface area contributed by atoms with E-state index in [1.807, 2.05) is 18.2 Å². The largest absolute Gasteiger partial charge is 0.382 e. The lowest BCUT2D eigenvalue weighted by molar-refractivity contribution is 0.108. The van der Waals surface area contributed by atoms with Crippen molar-refractivity contribution in [2.24, 2.45) is 0 Å². The highest BCUT2D eigenvalue weighted by Crippen LogP contribution is 2.26. The van der Waals surface area contributed by atoms with Crippen molar-refractivity contribution in [3.05, 3.63) is 28.2 Å². The Balaban J connectivity index is 2.04. The van der Waals surface area contributed by atoms with Crippen molar-refractivity contribution in [1.29, 1.82) is 5.26 Å². The predicted octanol–water partition coefficient (Wildman–Crippen LogP) is 3.30. The van der Waals surface area contributed by atoms with Crippen LogP contribution in [0.1, 0.15) is 24.8 Å². The molecule has 4 heteroatoms. The molecule has 1 saturated carbocycles. The molecular weight excluding hydrogens is 280 g/mol. The molecule has 2 rings (SSSR count). The number of hydrogen-bond acceptors (Lipinski definition) is 3. The molecule has 0 amide bonds. The van der Waals surface area contributed by atoms with Crippen molar-refractivity contribution in [3.8, 4) is 6.07 Å². The number of nitrogens with one attached hydrogen (secondary N) is 1. The molecule has 17 heavy (non-hydrogen) atoms. The quantitative estimate of drug-likeness (QED) is 0.930. The van der Waals surface area contributed by atoms with Gasteiger partial charge >= 0.3 is 0 Å². The first-order valence-corrected chi connectivity index (χ1v) is 6.50. The van der Waals surface area contributed by atoms with Crippen molar-refractivity contribution >= 4 is 21.6 Å². The van der Waals surface area contributed by atoms with E-state index in [1.54, 1.807) is 7.11 Å². The third kappa shape index (κ3) is 3.21. The van der Waals surface area contributed by atoms with Gasteiger partial charge in [0.2, 0.25) is 0 Å². The Morgan fingerprint density at radius 2 is 2.24 bits per heavy atom. The van der Waals surface area contributed by atoms with E-state index in [9.17, 15) is 0 Å². The zero-order valence-electron chi connectivity index (χ0n) is 9.74. The maximum atomic E-state index is 8.91. The summed E-state index contributed by atoms with van der Waals surface area (Å²) >= 11 is 3.41. The lowest BCUT2D eigenvalue weighted by Gasteiger charge is -2.14. The maximum Gasteiger partial charge on any atom is 0.0992 e. The number of ether oxygens (including phenoxy) is 1. The molecule has 1 aromatic carbocycles. The Morgan fingerprint density at radius 3 is 2.88 bits per heavy atom. The van der Waals surface area contributed by atoms with Gasteiger partial charge in [0.05, 0.1) is 17.7 Å². The van der Waals surface area contributed by atoms with E-state index in [-0.39, 0.29) is 0 Å². The van der Waals surface area contributed by atoms with E-state index in [0.29, 0.717) is 17.7 Å². The summed E-state index contributed by atoms with van der Waals surface area (Å²) in [6.45, 7) is 0. The molecule has 1 aliphatic carbocycles. The van der Waals surface area contributed by atoms with Crippen LogP contribution in [0.25, 0.3) is 0 Å². The van der Waals surface area contributed by atoms with Crippen LogP contribution in [0.15, 0.2) is 22.7 Å². The average Bonchev–Trinajstić information content (AvgIpc) is 2.76. The summed E-state index contributed by atoms with van der Waals surface area (Å²) in [5.41, 5.74) is 1.67. The second-order valence-electron chi connectivity index (χ2n) is 4.35. The number of hydrogen-bond donors (Lipinski definition) is 1. The van der Waals surface area contributed by atoms with E-state index >= 15 is 0 Å². The van der Waals surface area contributed by atoms with Crippen molar-refractivity contribution in [2.45, 2.75) is 31.4 Å². The maximum absolute atomic E-state index is 8.91. The number of benzene rings is 1. The highest BCUT2D eigenvalue weighted by Gasteiger charge is 2.24. The van der Waals surface area contributed by atoms with Gasteiger partial charge in [-0.15, -0.1) is 0 Å². The SMILES string of the molecule is COC1CCC(Nc2cc(Br)cc(C#N)c2)C1. The van der Waals surface area contributed by atoms with Gasteiger partial charge in [0.1, 0.15) is 0 Å². The molecule has 1 N–H and O–H groups in total. The zero-order valence-corrected chi connectivity index (χ0v) is 11.3. The first-order valence-electron chi connectivity index (χ1n) is 5.71. The summed E-state index contributed by atoms with van der Waals surface area (Å²) in [4.78, 5) is 0. The van der Waals surface area contributed by atoms with Gasteiger partial charge in [-0.2, -0.15) is 5.26 Å². The Bertz CT molecular complexity index is 442. The number of anilines is 1. The molecule has 0 saturated heterocycles. The monoisotopic (exact) mass is 294 g/mol. The smallest absolute Gasteiger partial charge is 0.0992 e. The number of halogens is 1. The second-order valence-corrected chi connectivity index (χ2v) is 5.27. The summed E-state index contributed by atoms with van der Waals surface area (Å²) in [6.07, 6.45) is 3.63. The minimum atomic E-state index is 0.370. The van der Waals surface area contributed by atoms with Gasteiger partial charge in [-0.3, -0.25) is 0 Å². The van der Waals surface area contributed by atoms with Gasteiger partial charge in [-0.1, -0.05) is 15.9 Å². The molecule has 0 heterocycles. The van der Waals surface area contributed by atoms with E-state index in [0.717, 1.165) is 29.4 Å². The molecule has 2 unspecified atom stereocenters. The lowest BCUT2D eigenvalue weighted by atomic mass is 10.2. The van der Waals surface area contributed by atoms with E-state index in [1.165, 1.54) is 0 Å². The molecule has 1 fully saturated rings. The first-order chi connectivity index (χ1) is 8.21. The fourth-order valence-corrected chi connectivity index (χ4v) is 2.75. The van der Waals surface area contributed by atoms with Crippen LogP contribution in [-0.2, 0) is 4.74 Å². The van der Waals surface area contributed by atoms with Gasteiger partial charge in [0.25, 0.3) is 0 Å². The van der Waals surface area contributed by atoms with Gasteiger partial charge in [0, 0.05) is 23.3 Å². The molecule has 2 atom stereocenters. The van der Waals surface area contributed by atoms with Crippen LogP contribution in [-0.4, -0.2) is 19.3 Å². The fraction of sp³-hybridized carbons (Fsp3) is 0.462. The third-order valence-corrected chi connectivity index (χ3v) is 3.57. The minimum Gasteiger partial charge on any atom is -0.382 e. The fourth-order valence-electron chi connectivity index (χ4n) is 2.26. The summed E-state index contributed by atoms with van der Waals surface area (Å²) in [5.74, 6) is 0. The second kappa shape index (κ2) is 5.52. The zero-order chi connectivity index (χ0) is 12.3. The Labute approximate surface area is 110 Å². The van der Waals surface area contributed by atoms with Crippen LogP contribution in [0.3, 0.4) is 0 Å². The summed E-state index contributed by atoms with van der Waals surface area (Å²) in [6, 6.07) is 8.30. The molecule has 90 valence electrons. The van der Waals surface area contributed by atoms with Crippen LogP contribution in [0.5, 0.6) is 0 Å². The van der Waals surface area contributed by atoms with Gasteiger partial charge < -0.3 is 10.1 Å². The van der Waals surface area contributed by atoms with Gasteiger partial charge in [0.15, 0.2) is 0 Å². The molecule has 1 aromatic rings. The van der Waals surface area contributed by atoms with Crippen LogP contribution < -0.4 is 5.32 Å². The van der Waals surface area contributed by atoms with Gasteiger partial charge in [-0.05, 0) is 37.5 Å². The van der Waals surface area contributed by atoms with E-state index in [4.69, 9.17) is 10.00 Å². The molecule has 3 nitrogen and oxygen atoms in total. The highest BCUT2D eigenvalue weighted by atomic mass is 79.9. The Hall–Kier alpha value is -1.05. The van der Waals surface area contributed by atoms with Crippen LogP contribution in [0, 0.1) is 11.3 Å². The van der Waals surface area contributed by atoms with Crippen molar-refractivity contribution < 1.29 is 4.74 Å². The van der Waals surface area contributed by atoms with Crippen LogP contribution in [0.4, 0.5) is 5.69 Å². The standard InChI is InChI=1S/C13H15BrN2O/c1-17-13-3-2-11(7-13)16-12-5-9(8-15)4-10(14)6-12/h4-6,11,13,16H,2-3,7H2,1H3. The van der Waals surface area contributed by atoms with E-state index in [2.05, 4.69) is 27.3 Å². The average molecular weight is 295 g/mol. The Kier molecular flexibility index (Phi) is 4.03. The van der Waals surface area contributed by atoms with Crippen molar-refractivity contribution in [3.63, 3.8) is 0 Å². The first kappa shape index (κ1) is 12.4. The Morgan fingerprint density at radius 1 is 1.41 bits per heavy atom. The number of nitrogens with zero attached hydrogens (tertiary/aromatic N) is 1. The van der Waals surface area contributed by atoms with Gasteiger partial charge in [-0.25, -0.2) is 0 Å². The van der Waals surface area contributed by atoms with Crippen molar-refractivity contribution in [1.82, 2.24) is 0 Å². The minimum absolute atomic E-state index is 0.370.